The molecule has 2 aromatic heterocycles. The van der Waals surface area contributed by atoms with E-state index in [9.17, 15) is 0 Å². The van der Waals surface area contributed by atoms with Crippen molar-refractivity contribution in [1.82, 2.24) is 24.6 Å². The summed E-state index contributed by atoms with van der Waals surface area (Å²) in [5.41, 5.74) is 0.969. The molecule has 0 N–H and O–H groups in total. The lowest BCUT2D eigenvalue weighted by molar-refractivity contribution is 0.124. The van der Waals surface area contributed by atoms with Gasteiger partial charge in [0.15, 0.2) is 5.82 Å². The number of benzene rings is 1. The largest absolute Gasteiger partial charge is 0.337 e. The predicted octanol–water partition coefficient (Wildman–Crippen LogP) is 3.38. The normalized spacial score (nSPS) is 18.5. The van der Waals surface area contributed by atoms with Gasteiger partial charge in [0, 0.05) is 30.5 Å². The highest BCUT2D eigenvalue weighted by molar-refractivity contribution is 5.51. The number of nitrogens with zero attached hydrogens (tertiary/aromatic N) is 5. The van der Waals surface area contributed by atoms with Crippen LogP contribution in [0.4, 0.5) is 0 Å². The molecule has 0 saturated carbocycles. The lowest BCUT2D eigenvalue weighted by Gasteiger charge is -2.35. The molecule has 0 amide bonds. The lowest BCUT2D eigenvalue weighted by atomic mass is 9.99. The second-order valence-electron chi connectivity index (χ2n) is 6.59. The Morgan fingerprint density at radius 2 is 2.08 bits per heavy atom. The van der Waals surface area contributed by atoms with Crippen LogP contribution in [0.2, 0.25) is 0 Å². The summed E-state index contributed by atoms with van der Waals surface area (Å²) in [6, 6.07) is 10.5. The van der Waals surface area contributed by atoms with Crippen molar-refractivity contribution in [2.75, 3.05) is 6.54 Å². The number of hydrogen-bond donors (Lipinski definition) is 0. The Morgan fingerprint density at radius 3 is 2.92 bits per heavy atom. The van der Waals surface area contributed by atoms with Crippen LogP contribution in [0.1, 0.15) is 31.5 Å². The molecule has 0 unspecified atom stereocenters. The molecule has 25 heavy (non-hydrogen) atoms. The number of aryl methyl sites for hydroxylation is 1. The highest BCUT2D eigenvalue weighted by Crippen LogP contribution is 2.23. The molecule has 0 aliphatic carbocycles. The van der Waals surface area contributed by atoms with Crippen LogP contribution in [-0.4, -0.2) is 37.2 Å². The van der Waals surface area contributed by atoms with Gasteiger partial charge in [0.2, 0.25) is 0 Å². The van der Waals surface area contributed by atoms with Crippen LogP contribution in [0.15, 0.2) is 53.6 Å². The van der Waals surface area contributed by atoms with Crippen molar-refractivity contribution in [3.8, 4) is 11.5 Å². The molecule has 6 heteroatoms. The SMILES string of the molecule is c1ccc(-c2nc(CN3CCCC[C@H]3CCn3ccnc3)no2)cc1. The number of likely N-dealkylation sites (tertiary alicyclic amines) is 1. The zero-order valence-electron chi connectivity index (χ0n) is 14.3. The van der Waals surface area contributed by atoms with Crippen molar-refractivity contribution in [3.05, 3.63) is 54.9 Å². The molecule has 1 aliphatic heterocycles. The summed E-state index contributed by atoms with van der Waals surface area (Å²) in [4.78, 5) is 11.2. The van der Waals surface area contributed by atoms with Crippen molar-refractivity contribution in [1.29, 1.82) is 0 Å². The maximum absolute atomic E-state index is 5.45. The molecular formula is C19H23N5O. The first kappa shape index (κ1) is 16.0. The fourth-order valence-electron chi connectivity index (χ4n) is 3.51. The van der Waals surface area contributed by atoms with Crippen molar-refractivity contribution in [2.24, 2.45) is 0 Å². The van der Waals surface area contributed by atoms with Gasteiger partial charge in [0.05, 0.1) is 12.9 Å². The molecule has 1 atom stereocenters. The highest BCUT2D eigenvalue weighted by Gasteiger charge is 2.24. The van der Waals surface area contributed by atoms with Crippen molar-refractivity contribution >= 4 is 0 Å². The zero-order chi connectivity index (χ0) is 16.9. The van der Waals surface area contributed by atoms with Crippen molar-refractivity contribution < 1.29 is 4.52 Å². The van der Waals surface area contributed by atoms with Gasteiger partial charge in [-0.05, 0) is 37.9 Å². The second-order valence-corrected chi connectivity index (χ2v) is 6.59. The summed E-state index contributed by atoms with van der Waals surface area (Å²) in [5, 5.41) is 4.19. The zero-order valence-corrected chi connectivity index (χ0v) is 14.3. The van der Waals surface area contributed by atoms with Gasteiger partial charge < -0.3 is 9.09 Å². The third-order valence-electron chi connectivity index (χ3n) is 4.86. The smallest absolute Gasteiger partial charge is 0.257 e. The molecule has 1 saturated heterocycles. The molecule has 0 spiro atoms. The number of piperidine rings is 1. The predicted molar refractivity (Wildman–Crippen MR) is 94.6 cm³/mol. The summed E-state index contributed by atoms with van der Waals surface area (Å²) < 4.78 is 7.59. The Hall–Kier alpha value is -2.47. The van der Waals surface area contributed by atoms with Gasteiger partial charge in [-0.25, -0.2) is 4.98 Å². The monoisotopic (exact) mass is 337 g/mol. The van der Waals surface area contributed by atoms with Gasteiger partial charge in [0.1, 0.15) is 0 Å². The van der Waals surface area contributed by atoms with Gasteiger partial charge in [-0.3, -0.25) is 4.90 Å². The molecule has 130 valence electrons. The topological polar surface area (TPSA) is 60.0 Å². The fraction of sp³-hybridized carbons (Fsp3) is 0.421. The van der Waals surface area contributed by atoms with E-state index in [4.69, 9.17) is 4.52 Å². The summed E-state index contributed by atoms with van der Waals surface area (Å²) >= 11 is 0. The summed E-state index contributed by atoms with van der Waals surface area (Å²) in [5.74, 6) is 1.37. The summed E-state index contributed by atoms with van der Waals surface area (Å²) in [7, 11) is 0. The summed E-state index contributed by atoms with van der Waals surface area (Å²) in [6.45, 7) is 2.86. The minimum atomic E-state index is 0.565. The lowest BCUT2D eigenvalue weighted by Crippen LogP contribution is -2.39. The van der Waals surface area contributed by atoms with Crippen molar-refractivity contribution in [2.45, 2.75) is 44.8 Å². The Balaban J connectivity index is 1.40. The molecule has 4 rings (SSSR count). The van der Waals surface area contributed by atoms with Crippen LogP contribution >= 0.6 is 0 Å². The maximum atomic E-state index is 5.45. The Morgan fingerprint density at radius 1 is 1.16 bits per heavy atom. The average molecular weight is 337 g/mol. The standard InChI is InChI=1S/C19H23N5O/c1-2-6-16(7-3-1)19-21-18(22-25-19)14-24-11-5-4-8-17(24)9-12-23-13-10-20-15-23/h1-3,6-7,10,13,15,17H,4-5,8-9,11-12,14H2/t17-/m0/s1. The molecule has 3 heterocycles. The second kappa shape index (κ2) is 7.61. The van der Waals surface area contributed by atoms with Crippen LogP contribution < -0.4 is 0 Å². The molecule has 1 aliphatic rings. The van der Waals surface area contributed by atoms with Crippen LogP contribution in [0.5, 0.6) is 0 Å². The third-order valence-corrected chi connectivity index (χ3v) is 4.86. The first-order valence-electron chi connectivity index (χ1n) is 8.96. The Labute approximate surface area is 147 Å². The van der Waals surface area contributed by atoms with Gasteiger partial charge >= 0.3 is 0 Å². The molecule has 1 aromatic carbocycles. The van der Waals surface area contributed by atoms with Gasteiger partial charge in [-0.1, -0.05) is 29.8 Å². The molecule has 6 nitrogen and oxygen atoms in total. The van der Waals surface area contributed by atoms with E-state index in [1.807, 2.05) is 49.1 Å². The quantitative estimate of drug-likeness (QED) is 0.690. The van der Waals surface area contributed by atoms with E-state index >= 15 is 0 Å². The minimum Gasteiger partial charge on any atom is -0.337 e. The molecule has 0 bridgehead atoms. The first-order valence-corrected chi connectivity index (χ1v) is 8.96. The van der Waals surface area contributed by atoms with Crippen LogP contribution in [0.3, 0.4) is 0 Å². The maximum Gasteiger partial charge on any atom is 0.257 e. The highest BCUT2D eigenvalue weighted by atomic mass is 16.5. The number of aromatic nitrogens is 4. The third kappa shape index (κ3) is 3.96. The van der Waals surface area contributed by atoms with Crippen LogP contribution in [-0.2, 0) is 13.1 Å². The van der Waals surface area contributed by atoms with E-state index in [1.165, 1.54) is 19.3 Å². The van der Waals surface area contributed by atoms with E-state index in [1.54, 1.807) is 0 Å². The molecule has 3 aromatic rings. The van der Waals surface area contributed by atoms with E-state index in [2.05, 4.69) is 24.6 Å². The van der Waals surface area contributed by atoms with Gasteiger partial charge in [0.25, 0.3) is 5.89 Å². The van der Waals surface area contributed by atoms with Gasteiger partial charge in [-0.2, -0.15) is 4.98 Å². The average Bonchev–Trinajstić information content (AvgIpc) is 3.34. The number of hydrogen-bond acceptors (Lipinski definition) is 5. The summed E-state index contributed by atoms with van der Waals surface area (Å²) in [6.07, 6.45) is 10.6. The minimum absolute atomic E-state index is 0.565. The van der Waals surface area contributed by atoms with E-state index in [0.717, 1.165) is 37.4 Å². The van der Waals surface area contributed by atoms with Crippen LogP contribution in [0, 0.1) is 0 Å². The Kier molecular flexibility index (Phi) is 4.88. The van der Waals surface area contributed by atoms with Gasteiger partial charge in [-0.15, -0.1) is 0 Å². The van der Waals surface area contributed by atoms with Crippen molar-refractivity contribution in [3.63, 3.8) is 0 Å². The van der Waals surface area contributed by atoms with Crippen LogP contribution in [0.25, 0.3) is 11.5 Å². The van der Waals surface area contributed by atoms with E-state index in [-0.39, 0.29) is 0 Å². The molecule has 1 fully saturated rings. The number of imidazole rings is 1. The number of rotatable bonds is 6. The van der Waals surface area contributed by atoms with E-state index < -0.39 is 0 Å². The first-order chi connectivity index (χ1) is 12.4. The van der Waals surface area contributed by atoms with E-state index in [0.29, 0.717) is 11.9 Å². The molecular weight excluding hydrogens is 314 g/mol. The fourth-order valence-corrected chi connectivity index (χ4v) is 3.51. The molecule has 0 radical (unpaired) electrons. The Bertz CT molecular complexity index is 768.